The Hall–Kier alpha value is -5.68. The first-order chi connectivity index (χ1) is 28.8. The molecule has 0 spiro atoms. The number of benzene rings is 3. The number of carbonyl (C=O) groups excluding carboxylic acids is 5. The van der Waals surface area contributed by atoms with E-state index in [9.17, 15) is 33.9 Å². The summed E-state index contributed by atoms with van der Waals surface area (Å²) in [6.07, 6.45) is 0.247. The lowest BCUT2D eigenvalue weighted by molar-refractivity contribution is -0.158. The van der Waals surface area contributed by atoms with E-state index in [0.717, 1.165) is 10.5 Å². The summed E-state index contributed by atoms with van der Waals surface area (Å²) in [5.41, 5.74) is 4.83. The number of nitrogens with zero attached hydrogens (tertiary/aromatic N) is 3. The normalized spacial score (nSPS) is 22.9. The lowest BCUT2D eigenvalue weighted by atomic mass is 10.0. The first-order valence-electron chi connectivity index (χ1n) is 20.4. The predicted molar refractivity (Wildman–Crippen MR) is 222 cm³/mol. The fourth-order valence-corrected chi connectivity index (χ4v) is 8.34. The molecule has 3 aliphatic heterocycles. The molecule has 61 heavy (non-hydrogen) atoms. The number of nitrogens with one attached hydrogen (secondary N) is 2. The summed E-state index contributed by atoms with van der Waals surface area (Å²) in [6, 6.07) is 20.0. The number of hydrogen-bond acceptors (Lipinski definition) is 10. The smallest absolute Gasteiger partial charge is 0.328 e. The van der Waals surface area contributed by atoms with Gasteiger partial charge in [-0.15, -0.1) is 0 Å². The number of aliphatic carboxylic acids is 1. The summed E-state index contributed by atoms with van der Waals surface area (Å²) in [4.78, 5) is 88.1. The van der Waals surface area contributed by atoms with Crippen molar-refractivity contribution < 1.29 is 48.1 Å². The molecule has 0 saturated carbocycles. The highest BCUT2D eigenvalue weighted by Crippen LogP contribution is 2.32. The number of carboxylic acids is 1. The summed E-state index contributed by atoms with van der Waals surface area (Å²) in [5, 5.41) is 15.7. The van der Waals surface area contributed by atoms with E-state index >= 15 is 0 Å². The highest BCUT2D eigenvalue weighted by atomic mass is 16.5. The van der Waals surface area contributed by atoms with Crippen LogP contribution in [0.1, 0.15) is 58.2 Å². The third-order valence-electron chi connectivity index (χ3n) is 11.5. The van der Waals surface area contributed by atoms with Crippen LogP contribution in [0, 0.1) is 0 Å². The van der Waals surface area contributed by atoms with Crippen LogP contribution in [0.4, 0.5) is 0 Å². The summed E-state index contributed by atoms with van der Waals surface area (Å²) in [7, 11) is 0. The van der Waals surface area contributed by atoms with Gasteiger partial charge < -0.3 is 35.7 Å². The van der Waals surface area contributed by atoms with Crippen LogP contribution in [0.25, 0.3) is 0 Å². The molecule has 326 valence electrons. The monoisotopic (exact) mass is 840 g/mol. The van der Waals surface area contributed by atoms with Crippen LogP contribution in [-0.4, -0.2) is 129 Å². The second-order valence-electron chi connectivity index (χ2n) is 17.1. The number of ether oxygens (including phenoxy) is 3. The number of carbonyl (C=O) groups is 6. The van der Waals surface area contributed by atoms with Gasteiger partial charge in [0.25, 0.3) is 0 Å². The lowest BCUT2D eigenvalue weighted by Crippen LogP contribution is -2.64. The molecule has 0 unspecified atom stereocenters. The van der Waals surface area contributed by atoms with Crippen molar-refractivity contribution in [3.63, 3.8) is 0 Å². The maximum atomic E-state index is 15.0. The molecule has 0 bridgehead atoms. The van der Waals surface area contributed by atoms with Crippen molar-refractivity contribution in [1.82, 2.24) is 25.3 Å². The van der Waals surface area contributed by atoms with Crippen LogP contribution >= 0.6 is 0 Å². The zero-order chi connectivity index (χ0) is 44.3. The number of nitrogens with two attached hydrogens (primary N) is 1. The molecule has 3 aromatic carbocycles. The van der Waals surface area contributed by atoms with Crippen molar-refractivity contribution in [1.29, 1.82) is 0 Å². The summed E-state index contributed by atoms with van der Waals surface area (Å²) < 4.78 is 17.7. The molecule has 3 saturated heterocycles. The topological polar surface area (TPSA) is 210 Å². The molecule has 0 radical (unpaired) electrons. The first-order valence-corrected chi connectivity index (χ1v) is 20.4. The lowest BCUT2D eigenvalue weighted by Gasteiger charge is -2.38. The van der Waals surface area contributed by atoms with E-state index in [1.807, 2.05) is 36.4 Å². The third-order valence-corrected chi connectivity index (χ3v) is 11.5. The Balaban J connectivity index is 1.27. The third kappa shape index (κ3) is 9.94. The van der Waals surface area contributed by atoms with Crippen LogP contribution in [0.2, 0.25) is 0 Å². The molecule has 3 aromatic rings. The Morgan fingerprint density at radius 2 is 0.869 bits per heavy atom. The molecule has 0 aromatic heterocycles. The van der Waals surface area contributed by atoms with Crippen molar-refractivity contribution in [2.45, 2.75) is 114 Å². The van der Waals surface area contributed by atoms with E-state index in [4.69, 9.17) is 19.9 Å². The second kappa shape index (κ2) is 18.1. The number of hydrogen-bond donors (Lipinski definition) is 4. The Morgan fingerprint density at radius 3 is 1.23 bits per heavy atom. The fraction of sp³-hybridized carbons (Fsp3) is 0.467. The molecule has 5 amide bonds. The van der Waals surface area contributed by atoms with Crippen molar-refractivity contribution in [2.75, 3.05) is 19.8 Å². The number of carboxylic acid groups (broad SMARTS) is 1. The van der Waals surface area contributed by atoms with Gasteiger partial charge in [0.15, 0.2) is 6.04 Å². The van der Waals surface area contributed by atoms with E-state index in [1.165, 1.54) is 9.80 Å². The van der Waals surface area contributed by atoms with Crippen LogP contribution < -0.4 is 16.4 Å². The maximum Gasteiger partial charge on any atom is 0.328 e. The minimum atomic E-state index is -1.36. The predicted octanol–water partition coefficient (Wildman–Crippen LogP) is 1.99. The summed E-state index contributed by atoms with van der Waals surface area (Å²) >= 11 is 0. The van der Waals surface area contributed by atoms with Gasteiger partial charge >= 0.3 is 5.97 Å². The average Bonchev–Trinajstić information content (AvgIpc) is 3.85. The van der Waals surface area contributed by atoms with Gasteiger partial charge in [0.05, 0.1) is 25.9 Å². The fourth-order valence-electron chi connectivity index (χ4n) is 8.34. The van der Waals surface area contributed by atoms with Gasteiger partial charge in [0.1, 0.15) is 41.3 Å². The molecule has 0 aliphatic carbocycles. The van der Waals surface area contributed by atoms with Gasteiger partial charge in [-0.05, 0) is 64.7 Å². The van der Waals surface area contributed by atoms with Crippen LogP contribution in [0.15, 0.2) is 91.0 Å². The maximum absolute atomic E-state index is 15.0. The largest absolute Gasteiger partial charge is 0.480 e. The van der Waals surface area contributed by atoms with Crippen molar-refractivity contribution >= 4 is 35.5 Å². The zero-order valence-electron chi connectivity index (χ0n) is 35.4. The van der Waals surface area contributed by atoms with Gasteiger partial charge in [0.2, 0.25) is 29.5 Å². The van der Waals surface area contributed by atoms with Gasteiger partial charge in [0, 0.05) is 12.8 Å². The highest BCUT2D eigenvalue weighted by molar-refractivity contribution is 5.97. The highest BCUT2D eigenvalue weighted by Gasteiger charge is 2.53. The van der Waals surface area contributed by atoms with Crippen LogP contribution in [-0.2, 0) is 62.2 Å². The van der Waals surface area contributed by atoms with E-state index in [-0.39, 0.29) is 39.1 Å². The van der Waals surface area contributed by atoms with Crippen molar-refractivity contribution in [2.24, 2.45) is 5.73 Å². The Bertz CT molecular complexity index is 2080. The molecular formula is C45H56N6O10. The quantitative estimate of drug-likeness (QED) is 0.185. The molecule has 3 heterocycles. The van der Waals surface area contributed by atoms with E-state index < -0.39 is 88.9 Å². The molecule has 16 heteroatoms. The van der Waals surface area contributed by atoms with E-state index in [2.05, 4.69) is 10.6 Å². The molecule has 6 atom stereocenters. The van der Waals surface area contributed by atoms with E-state index in [1.54, 1.807) is 96.1 Å². The summed E-state index contributed by atoms with van der Waals surface area (Å²) in [6.45, 7) is 9.10. The van der Waals surface area contributed by atoms with E-state index in [0.29, 0.717) is 11.1 Å². The van der Waals surface area contributed by atoms with Crippen molar-refractivity contribution in [3.05, 3.63) is 108 Å². The molecule has 16 nitrogen and oxygen atoms in total. The Labute approximate surface area is 355 Å². The van der Waals surface area contributed by atoms with Gasteiger partial charge in [-0.3, -0.25) is 38.7 Å². The van der Waals surface area contributed by atoms with Gasteiger partial charge in [-0.25, -0.2) is 4.79 Å². The SMILES string of the molecule is CC1(C)OC[C@@H](C(=O)O)N1C(=O)[C@H](Cc1ccccc1)NC(=O)[C@@H]1COC(C)(C)N1C(=O)[C@H](Cc1ccccc1)NC(=O)[C@@H]1COC(C)(C)N1C(=O)[C@@H](N)Cc1ccccc1. The zero-order valence-corrected chi connectivity index (χ0v) is 35.4. The average molecular weight is 841 g/mol. The molecule has 3 aliphatic rings. The standard InChI is InChI=1S/C45H56N6O10/c1-43(2)49(39(54)31(46)22-28-16-10-7-11-17-28)34(25-59-43)37(52)47-32(23-29-18-12-8-13-19-29)40(55)50-35(26-60-44(50,3)4)38(53)48-33(24-30-20-14-9-15-21-30)41(56)51-36(42(57)58)27-61-45(51,5)6/h7-21,31-36H,22-27,46H2,1-6H3,(H,47,52)(H,48,53)(H,57,58)/t31-,32-,33-,34-,35-,36-/m0/s1. The Kier molecular flexibility index (Phi) is 13.3. The summed E-state index contributed by atoms with van der Waals surface area (Å²) in [5.74, 6) is -4.47. The van der Waals surface area contributed by atoms with Crippen molar-refractivity contribution in [3.8, 4) is 0 Å². The van der Waals surface area contributed by atoms with Gasteiger partial charge in [-0.2, -0.15) is 0 Å². The minimum absolute atomic E-state index is 0.00592. The molecular weight excluding hydrogens is 785 g/mol. The van der Waals surface area contributed by atoms with Crippen LogP contribution in [0.3, 0.4) is 0 Å². The second-order valence-corrected chi connectivity index (χ2v) is 17.1. The molecule has 3 fully saturated rings. The molecule has 6 rings (SSSR count). The first kappa shape index (κ1) is 44.9. The minimum Gasteiger partial charge on any atom is -0.480 e. The number of rotatable bonds is 14. The number of amides is 5. The van der Waals surface area contributed by atoms with Gasteiger partial charge in [-0.1, -0.05) is 91.0 Å². The van der Waals surface area contributed by atoms with Crippen LogP contribution in [0.5, 0.6) is 0 Å². The molecule has 5 N–H and O–H groups in total. The Morgan fingerprint density at radius 1 is 0.557 bits per heavy atom.